The van der Waals surface area contributed by atoms with Gasteiger partial charge in [0.05, 0.1) is 5.69 Å². The topological polar surface area (TPSA) is 28.2 Å². The quantitative estimate of drug-likeness (QED) is 0.844. The van der Waals surface area contributed by atoms with Gasteiger partial charge < -0.3 is 10.2 Å². The molecule has 0 fully saturated rings. The van der Waals surface area contributed by atoms with Crippen LogP contribution in [0.25, 0.3) is 0 Å². The van der Waals surface area contributed by atoms with E-state index in [1.807, 2.05) is 11.3 Å². The molecular formula is C15H23N3S2. The van der Waals surface area contributed by atoms with Crippen molar-refractivity contribution in [2.24, 2.45) is 0 Å². The molecule has 0 saturated carbocycles. The van der Waals surface area contributed by atoms with E-state index in [0.29, 0.717) is 12.1 Å². The Morgan fingerprint density at radius 1 is 1.30 bits per heavy atom. The number of hydrogen-bond acceptors (Lipinski definition) is 5. The van der Waals surface area contributed by atoms with Gasteiger partial charge in [0.25, 0.3) is 0 Å². The van der Waals surface area contributed by atoms with Gasteiger partial charge in [0.1, 0.15) is 0 Å². The molecular weight excluding hydrogens is 286 g/mol. The Bertz CT molecular complexity index is 505. The first kappa shape index (κ1) is 15.5. The molecule has 2 aromatic rings. The van der Waals surface area contributed by atoms with Gasteiger partial charge in [-0.25, -0.2) is 4.98 Å². The van der Waals surface area contributed by atoms with Crippen LogP contribution in [0.5, 0.6) is 0 Å². The van der Waals surface area contributed by atoms with E-state index in [0.717, 1.165) is 23.8 Å². The normalized spacial score (nSPS) is 12.8. The number of rotatable bonds is 7. The maximum Gasteiger partial charge on any atom is 0.185 e. The Kier molecular flexibility index (Phi) is 5.57. The molecule has 1 unspecified atom stereocenters. The highest BCUT2D eigenvalue weighted by Crippen LogP contribution is 2.23. The molecule has 1 atom stereocenters. The van der Waals surface area contributed by atoms with Gasteiger partial charge in [-0.2, -0.15) is 0 Å². The maximum atomic E-state index is 4.72. The molecule has 2 rings (SSSR count). The van der Waals surface area contributed by atoms with Crippen molar-refractivity contribution < 1.29 is 0 Å². The number of hydrogen-bond donors (Lipinski definition) is 1. The number of nitrogens with zero attached hydrogens (tertiary/aromatic N) is 2. The van der Waals surface area contributed by atoms with Crippen LogP contribution in [-0.2, 0) is 13.0 Å². The van der Waals surface area contributed by atoms with Crippen molar-refractivity contribution in [2.75, 3.05) is 11.9 Å². The Balaban J connectivity index is 1.92. The molecule has 0 spiro atoms. The second-order valence-electron chi connectivity index (χ2n) is 5.40. The fourth-order valence-corrected chi connectivity index (χ4v) is 3.61. The maximum absolute atomic E-state index is 4.72. The largest absolute Gasteiger partial charge is 0.348 e. The molecule has 110 valence electrons. The van der Waals surface area contributed by atoms with Crippen molar-refractivity contribution in [1.82, 2.24) is 10.3 Å². The molecule has 0 radical (unpaired) electrons. The predicted octanol–water partition coefficient (Wildman–Crippen LogP) is 3.77. The van der Waals surface area contributed by atoms with Crippen molar-refractivity contribution >= 4 is 27.8 Å². The zero-order chi connectivity index (χ0) is 14.5. The van der Waals surface area contributed by atoms with E-state index in [9.17, 15) is 0 Å². The first-order chi connectivity index (χ1) is 9.56. The molecule has 2 heterocycles. The summed E-state index contributed by atoms with van der Waals surface area (Å²) in [5, 5.41) is 8.80. The lowest BCUT2D eigenvalue weighted by Gasteiger charge is -2.23. The lowest BCUT2D eigenvalue weighted by atomic mass is 10.2. The molecule has 20 heavy (non-hydrogen) atoms. The van der Waals surface area contributed by atoms with Crippen LogP contribution in [0.1, 0.15) is 31.3 Å². The summed E-state index contributed by atoms with van der Waals surface area (Å²) in [5.41, 5.74) is 1.13. The Morgan fingerprint density at radius 2 is 2.10 bits per heavy atom. The highest BCUT2D eigenvalue weighted by Gasteiger charge is 2.14. The van der Waals surface area contributed by atoms with Gasteiger partial charge in [-0.3, -0.25) is 0 Å². The van der Waals surface area contributed by atoms with Gasteiger partial charge in [-0.1, -0.05) is 19.9 Å². The van der Waals surface area contributed by atoms with Crippen molar-refractivity contribution in [1.29, 1.82) is 0 Å². The molecule has 0 aliphatic heterocycles. The van der Waals surface area contributed by atoms with E-state index in [1.165, 1.54) is 4.88 Å². The van der Waals surface area contributed by atoms with Crippen molar-refractivity contribution in [3.63, 3.8) is 0 Å². The summed E-state index contributed by atoms with van der Waals surface area (Å²) in [6.45, 7) is 7.42. The average molecular weight is 310 g/mol. The molecule has 0 aromatic carbocycles. The number of likely N-dealkylation sites (N-methyl/N-ethyl adjacent to an activating group) is 1. The third kappa shape index (κ3) is 4.30. The minimum Gasteiger partial charge on any atom is -0.348 e. The third-order valence-electron chi connectivity index (χ3n) is 3.27. The standard InChI is InChI=1S/C15H23N3S2/c1-11(2)16-9-13-10-20-15(17-13)18(4)12(3)8-14-6-5-7-19-14/h5-7,10-12,16H,8-9H2,1-4H3. The van der Waals surface area contributed by atoms with Gasteiger partial charge in [-0.05, 0) is 18.4 Å². The van der Waals surface area contributed by atoms with E-state index in [1.54, 1.807) is 11.3 Å². The minimum absolute atomic E-state index is 0.464. The van der Waals surface area contributed by atoms with Crippen LogP contribution in [0.4, 0.5) is 5.13 Å². The number of aromatic nitrogens is 1. The van der Waals surface area contributed by atoms with Gasteiger partial charge in [0.2, 0.25) is 0 Å². The summed E-state index contributed by atoms with van der Waals surface area (Å²) < 4.78 is 0. The number of anilines is 1. The second kappa shape index (κ2) is 7.20. The highest BCUT2D eigenvalue weighted by molar-refractivity contribution is 7.13. The average Bonchev–Trinajstić information content (AvgIpc) is 3.06. The second-order valence-corrected chi connectivity index (χ2v) is 7.27. The number of thiophene rings is 1. The molecule has 2 aromatic heterocycles. The number of thiazole rings is 1. The summed E-state index contributed by atoms with van der Waals surface area (Å²) in [7, 11) is 2.14. The van der Waals surface area contributed by atoms with Gasteiger partial charge in [0.15, 0.2) is 5.13 Å². The van der Waals surface area contributed by atoms with Crippen LogP contribution in [0.15, 0.2) is 22.9 Å². The third-order valence-corrected chi connectivity index (χ3v) is 5.15. The van der Waals surface area contributed by atoms with Crippen LogP contribution >= 0.6 is 22.7 Å². The highest BCUT2D eigenvalue weighted by atomic mass is 32.1. The smallest absolute Gasteiger partial charge is 0.185 e. The summed E-state index contributed by atoms with van der Waals surface area (Å²) in [4.78, 5) is 8.43. The van der Waals surface area contributed by atoms with E-state index in [2.05, 4.69) is 60.9 Å². The minimum atomic E-state index is 0.464. The van der Waals surface area contributed by atoms with Crippen LogP contribution in [0.2, 0.25) is 0 Å². The van der Waals surface area contributed by atoms with Gasteiger partial charge in [-0.15, -0.1) is 22.7 Å². The van der Waals surface area contributed by atoms with E-state index in [-0.39, 0.29) is 0 Å². The molecule has 0 aliphatic rings. The molecule has 0 bridgehead atoms. The zero-order valence-corrected chi connectivity index (χ0v) is 14.2. The SMILES string of the molecule is CC(C)NCc1csc(N(C)C(C)Cc2cccs2)n1. The van der Waals surface area contributed by atoms with Crippen LogP contribution in [-0.4, -0.2) is 24.1 Å². The van der Waals surface area contributed by atoms with Gasteiger partial charge >= 0.3 is 0 Å². The fraction of sp³-hybridized carbons (Fsp3) is 0.533. The molecule has 0 amide bonds. The fourth-order valence-electron chi connectivity index (χ4n) is 1.89. The zero-order valence-electron chi connectivity index (χ0n) is 12.6. The summed E-state index contributed by atoms with van der Waals surface area (Å²) >= 11 is 3.56. The van der Waals surface area contributed by atoms with E-state index < -0.39 is 0 Å². The van der Waals surface area contributed by atoms with E-state index >= 15 is 0 Å². The van der Waals surface area contributed by atoms with Crippen LogP contribution in [0, 0.1) is 0 Å². The summed E-state index contributed by atoms with van der Waals surface area (Å²) in [6.07, 6.45) is 1.08. The monoisotopic (exact) mass is 309 g/mol. The Morgan fingerprint density at radius 3 is 2.75 bits per heavy atom. The molecule has 3 nitrogen and oxygen atoms in total. The van der Waals surface area contributed by atoms with Crippen LogP contribution in [0.3, 0.4) is 0 Å². The van der Waals surface area contributed by atoms with Crippen LogP contribution < -0.4 is 10.2 Å². The Hall–Kier alpha value is -0.910. The molecule has 5 heteroatoms. The Labute approximate surface area is 129 Å². The van der Waals surface area contributed by atoms with E-state index in [4.69, 9.17) is 4.98 Å². The van der Waals surface area contributed by atoms with Crippen molar-refractivity contribution in [3.05, 3.63) is 33.5 Å². The molecule has 0 saturated heterocycles. The summed E-state index contributed by atoms with van der Waals surface area (Å²) in [6, 6.07) is 5.28. The summed E-state index contributed by atoms with van der Waals surface area (Å²) in [5.74, 6) is 0. The molecule has 1 N–H and O–H groups in total. The van der Waals surface area contributed by atoms with Crippen molar-refractivity contribution in [2.45, 2.75) is 45.8 Å². The van der Waals surface area contributed by atoms with Crippen molar-refractivity contribution in [3.8, 4) is 0 Å². The first-order valence-corrected chi connectivity index (χ1v) is 8.75. The van der Waals surface area contributed by atoms with Gasteiger partial charge in [0, 0.05) is 42.4 Å². The predicted molar refractivity (Wildman–Crippen MR) is 90.0 cm³/mol. The lowest BCUT2D eigenvalue weighted by molar-refractivity contribution is 0.582. The lowest BCUT2D eigenvalue weighted by Crippen LogP contribution is -2.30. The molecule has 0 aliphatic carbocycles. The first-order valence-electron chi connectivity index (χ1n) is 6.99. The number of nitrogens with one attached hydrogen (secondary N) is 1.